The molecule has 0 fully saturated rings. The third kappa shape index (κ3) is 6.14. The predicted molar refractivity (Wildman–Crippen MR) is 106 cm³/mol. The first-order valence-electron chi connectivity index (χ1n) is 9.51. The zero-order valence-electron chi connectivity index (χ0n) is 17.4. The van der Waals surface area contributed by atoms with Crippen LogP contribution in [0.4, 0.5) is 8.78 Å². The van der Waals surface area contributed by atoms with Crippen molar-refractivity contribution in [3.63, 3.8) is 0 Å². The molecule has 2 unspecified atom stereocenters. The molecule has 168 valence electrons. The minimum Gasteiger partial charge on any atom is -0.390 e. The summed E-state index contributed by atoms with van der Waals surface area (Å²) in [6.45, 7) is 3.21. The van der Waals surface area contributed by atoms with Crippen molar-refractivity contribution in [2.75, 3.05) is 0 Å². The third-order valence-corrected chi connectivity index (χ3v) is 4.80. The normalized spacial score (nSPS) is 15.2. The maximum absolute atomic E-state index is 13.9. The Balaban J connectivity index is 0.000000258. The fourth-order valence-corrected chi connectivity index (χ4v) is 2.72. The van der Waals surface area contributed by atoms with Crippen LogP contribution in [0.3, 0.4) is 0 Å². The first kappa shape index (κ1) is 24.5. The highest BCUT2D eigenvalue weighted by atomic mass is 19.1. The summed E-state index contributed by atoms with van der Waals surface area (Å²) < 4.78 is 30.0. The summed E-state index contributed by atoms with van der Waals surface area (Å²) in [6.07, 6.45) is 4.79. The van der Waals surface area contributed by atoms with Crippen LogP contribution in [0, 0.1) is 46.1 Å². The van der Waals surface area contributed by atoms with E-state index in [9.17, 15) is 19.0 Å². The Kier molecular flexibility index (Phi) is 8.46. The molecular formula is C20H22F2N8O2. The number of halogens is 2. The highest BCUT2D eigenvalue weighted by Crippen LogP contribution is 2.33. The highest BCUT2D eigenvalue weighted by Gasteiger charge is 2.39. The van der Waals surface area contributed by atoms with E-state index in [4.69, 9.17) is 10.5 Å². The molecule has 0 aliphatic heterocycles. The van der Waals surface area contributed by atoms with Gasteiger partial charge in [0.05, 0.1) is 43.2 Å². The van der Waals surface area contributed by atoms with Crippen LogP contribution in [0.2, 0.25) is 0 Å². The Morgan fingerprint density at radius 1 is 1.06 bits per heavy atom. The fraction of sp³-hybridized carbons (Fsp3) is 0.400. The molecule has 0 saturated heterocycles. The number of rotatable bonds is 7. The van der Waals surface area contributed by atoms with Crippen molar-refractivity contribution in [3.8, 4) is 12.1 Å². The second-order valence-electron chi connectivity index (χ2n) is 7.09. The van der Waals surface area contributed by atoms with E-state index in [-0.39, 0.29) is 18.0 Å². The van der Waals surface area contributed by atoms with Gasteiger partial charge in [-0.05, 0) is 32.0 Å². The van der Waals surface area contributed by atoms with Crippen molar-refractivity contribution in [2.24, 2.45) is 11.8 Å². The zero-order chi connectivity index (χ0) is 23.7. The zero-order valence-corrected chi connectivity index (χ0v) is 17.4. The minimum absolute atomic E-state index is 0.206. The van der Waals surface area contributed by atoms with Gasteiger partial charge < -0.3 is 10.2 Å². The SMILES string of the molecule is CC(C#N)C(O)(Cn1cncn1)c1cc(F)ccc1F.C[C@@H](C#N)[C@H](O)Cn1cncn1. The summed E-state index contributed by atoms with van der Waals surface area (Å²) in [5.74, 6) is -2.82. The molecule has 0 saturated carbocycles. The third-order valence-electron chi connectivity index (χ3n) is 4.80. The molecule has 3 aromatic rings. The van der Waals surface area contributed by atoms with Crippen molar-refractivity contribution in [1.29, 1.82) is 10.5 Å². The van der Waals surface area contributed by atoms with Crippen LogP contribution in [0.1, 0.15) is 19.4 Å². The average Bonchev–Trinajstić information content (AvgIpc) is 3.48. The Bertz CT molecular complexity index is 1060. The molecule has 2 N–H and O–H groups in total. The molecule has 0 radical (unpaired) electrons. The summed E-state index contributed by atoms with van der Waals surface area (Å²) in [4.78, 5) is 7.43. The standard InChI is InChI=1S/C13H12F2N4O.C7H10N4O/c1-9(5-16)13(20,6-19-8-17-7-18-19)11-4-10(14)2-3-12(11)15;1-6(2-8)7(12)3-11-5-9-4-10-11/h2-4,7-9,20H,6H2,1H3;4-7,12H,3H2,1H3/t;6-,7+/m.0/s1. The molecule has 0 spiro atoms. The Morgan fingerprint density at radius 2 is 1.69 bits per heavy atom. The lowest BCUT2D eigenvalue weighted by Crippen LogP contribution is -2.38. The van der Waals surface area contributed by atoms with Gasteiger partial charge in [-0.3, -0.25) is 4.68 Å². The van der Waals surface area contributed by atoms with E-state index in [2.05, 4.69) is 20.2 Å². The van der Waals surface area contributed by atoms with E-state index < -0.39 is 29.3 Å². The molecular weight excluding hydrogens is 422 g/mol. The van der Waals surface area contributed by atoms with E-state index in [1.165, 1.54) is 41.6 Å². The van der Waals surface area contributed by atoms with Gasteiger partial charge in [-0.1, -0.05) is 0 Å². The van der Waals surface area contributed by atoms with Crippen molar-refractivity contribution >= 4 is 0 Å². The van der Waals surface area contributed by atoms with E-state index >= 15 is 0 Å². The van der Waals surface area contributed by atoms with Crippen LogP contribution >= 0.6 is 0 Å². The molecule has 3 rings (SSSR count). The molecule has 12 heteroatoms. The number of aliphatic hydroxyl groups excluding tert-OH is 1. The second kappa shape index (κ2) is 11.0. The summed E-state index contributed by atoms with van der Waals surface area (Å²) in [7, 11) is 0. The topological polar surface area (TPSA) is 149 Å². The molecule has 10 nitrogen and oxygen atoms in total. The number of aliphatic hydroxyl groups is 2. The van der Waals surface area contributed by atoms with Gasteiger partial charge in [-0.25, -0.2) is 23.4 Å². The van der Waals surface area contributed by atoms with Gasteiger partial charge in [-0.15, -0.1) is 0 Å². The fourth-order valence-electron chi connectivity index (χ4n) is 2.72. The summed E-state index contributed by atoms with van der Waals surface area (Å²) >= 11 is 0. The molecule has 32 heavy (non-hydrogen) atoms. The smallest absolute Gasteiger partial charge is 0.137 e. The lowest BCUT2D eigenvalue weighted by Gasteiger charge is -2.31. The largest absolute Gasteiger partial charge is 0.390 e. The van der Waals surface area contributed by atoms with Gasteiger partial charge in [-0.2, -0.15) is 20.7 Å². The van der Waals surface area contributed by atoms with Crippen LogP contribution in [-0.4, -0.2) is 45.8 Å². The van der Waals surface area contributed by atoms with Crippen LogP contribution < -0.4 is 0 Å². The second-order valence-corrected chi connectivity index (χ2v) is 7.09. The Morgan fingerprint density at radius 3 is 2.22 bits per heavy atom. The molecule has 0 bridgehead atoms. The summed E-state index contributed by atoms with van der Waals surface area (Å²) in [6, 6.07) is 6.58. The van der Waals surface area contributed by atoms with Crippen LogP contribution in [-0.2, 0) is 18.7 Å². The van der Waals surface area contributed by atoms with Crippen molar-refractivity contribution in [2.45, 2.75) is 38.6 Å². The quantitative estimate of drug-likeness (QED) is 0.555. The van der Waals surface area contributed by atoms with Gasteiger partial charge in [0, 0.05) is 5.56 Å². The molecule has 4 atom stereocenters. The van der Waals surface area contributed by atoms with E-state index in [1.807, 2.05) is 12.1 Å². The number of aromatic nitrogens is 6. The maximum Gasteiger partial charge on any atom is 0.137 e. The lowest BCUT2D eigenvalue weighted by atomic mass is 9.82. The summed E-state index contributed by atoms with van der Waals surface area (Å²) in [5.41, 5.74) is -2.18. The molecule has 2 heterocycles. The number of nitriles is 2. The number of hydrogen-bond acceptors (Lipinski definition) is 8. The van der Waals surface area contributed by atoms with Gasteiger partial charge in [0.25, 0.3) is 0 Å². The van der Waals surface area contributed by atoms with Gasteiger partial charge in [0.1, 0.15) is 42.5 Å². The van der Waals surface area contributed by atoms with Gasteiger partial charge in [0.2, 0.25) is 0 Å². The molecule has 0 aliphatic carbocycles. The molecule has 1 aromatic carbocycles. The Hall–Kier alpha value is -3.74. The minimum atomic E-state index is -1.91. The average molecular weight is 444 g/mol. The van der Waals surface area contributed by atoms with Gasteiger partial charge in [0.15, 0.2) is 0 Å². The number of nitrogens with zero attached hydrogens (tertiary/aromatic N) is 8. The van der Waals surface area contributed by atoms with E-state index in [0.717, 1.165) is 18.2 Å². The van der Waals surface area contributed by atoms with Crippen molar-refractivity contribution < 1.29 is 19.0 Å². The molecule has 0 aliphatic rings. The summed E-state index contributed by atoms with van der Waals surface area (Å²) in [5, 5.41) is 45.2. The lowest BCUT2D eigenvalue weighted by molar-refractivity contribution is -0.0199. The monoisotopic (exact) mass is 444 g/mol. The number of benzene rings is 1. The van der Waals surface area contributed by atoms with E-state index in [1.54, 1.807) is 6.92 Å². The molecule has 2 aromatic heterocycles. The molecule has 0 amide bonds. The predicted octanol–water partition coefficient (Wildman–Crippen LogP) is 1.40. The first-order valence-corrected chi connectivity index (χ1v) is 9.51. The van der Waals surface area contributed by atoms with E-state index in [0.29, 0.717) is 6.54 Å². The van der Waals surface area contributed by atoms with Crippen LogP contribution in [0.25, 0.3) is 0 Å². The van der Waals surface area contributed by atoms with Crippen LogP contribution in [0.5, 0.6) is 0 Å². The first-order chi connectivity index (χ1) is 15.2. The van der Waals surface area contributed by atoms with Crippen molar-refractivity contribution in [1.82, 2.24) is 29.5 Å². The van der Waals surface area contributed by atoms with Crippen LogP contribution in [0.15, 0.2) is 43.5 Å². The maximum atomic E-state index is 13.9. The van der Waals surface area contributed by atoms with Crippen molar-refractivity contribution in [3.05, 3.63) is 60.7 Å². The number of hydrogen-bond donors (Lipinski definition) is 2. The van der Waals surface area contributed by atoms with Gasteiger partial charge >= 0.3 is 0 Å². The Labute approximate surface area is 183 Å². The highest BCUT2D eigenvalue weighted by molar-refractivity contribution is 5.27.